The first-order chi connectivity index (χ1) is 11.3. The van der Waals surface area contributed by atoms with Crippen LogP contribution < -0.4 is 10.1 Å². The third kappa shape index (κ3) is 2.98. The second-order valence-electron chi connectivity index (χ2n) is 6.57. The van der Waals surface area contributed by atoms with E-state index < -0.39 is 0 Å². The van der Waals surface area contributed by atoms with Gasteiger partial charge in [-0.05, 0) is 36.1 Å². The Labute approximate surface area is 137 Å². The fourth-order valence-corrected chi connectivity index (χ4v) is 3.65. The van der Waals surface area contributed by atoms with Crippen molar-refractivity contribution in [2.45, 2.75) is 45.7 Å². The van der Waals surface area contributed by atoms with Gasteiger partial charge in [0.15, 0.2) is 0 Å². The Morgan fingerprint density at radius 1 is 1.30 bits per heavy atom. The van der Waals surface area contributed by atoms with E-state index in [9.17, 15) is 0 Å². The van der Waals surface area contributed by atoms with Crippen LogP contribution in [0.15, 0.2) is 18.2 Å². The molecule has 0 spiro atoms. The van der Waals surface area contributed by atoms with Crippen LogP contribution >= 0.6 is 0 Å². The van der Waals surface area contributed by atoms with Crippen LogP contribution in [-0.4, -0.2) is 27.9 Å². The van der Waals surface area contributed by atoms with E-state index in [4.69, 9.17) is 4.74 Å². The van der Waals surface area contributed by atoms with Crippen molar-refractivity contribution in [2.24, 2.45) is 5.92 Å². The third-order valence-electron chi connectivity index (χ3n) is 4.95. The minimum Gasteiger partial charge on any atom is -0.493 e. The summed E-state index contributed by atoms with van der Waals surface area (Å²) in [5.74, 6) is 4.02. The van der Waals surface area contributed by atoms with Gasteiger partial charge in [0, 0.05) is 32.4 Å². The van der Waals surface area contributed by atoms with Gasteiger partial charge in [0.1, 0.15) is 17.4 Å². The summed E-state index contributed by atoms with van der Waals surface area (Å²) in [5, 5.41) is 12.2. The van der Waals surface area contributed by atoms with Crippen LogP contribution in [0.1, 0.15) is 36.1 Å². The first kappa shape index (κ1) is 14.7. The SMILES string of the molecule is CCc1nnc2n1C[C@@H](CNCc1ccc3c(c1)CCO3)CC2. The molecule has 1 aromatic carbocycles. The van der Waals surface area contributed by atoms with Gasteiger partial charge in [-0.15, -0.1) is 10.2 Å². The fourth-order valence-electron chi connectivity index (χ4n) is 3.65. The summed E-state index contributed by atoms with van der Waals surface area (Å²) >= 11 is 0. The van der Waals surface area contributed by atoms with Gasteiger partial charge < -0.3 is 14.6 Å². The Bertz CT molecular complexity index is 681. The summed E-state index contributed by atoms with van der Waals surface area (Å²) in [6, 6.07) is 6.56. The number of benzene rings is 1. The van der Waals surface area contributed by atoms with Gasteiger partial charge in [-0.2, -0.15) is 0 Å². The molecule has 122 valence electrons. The van der Waals surface area contributed by atoms with E-state index in [0.717, 1.165) is 62.9 Å². The van der Waals surface area contributed by atoms with Crippen molar-refractivity contribution in [3.05, 3.63) is 41.0 Å². The lowest BCUT2D eigenvalue weighted by Gasteiger charge is -2.24. The lowest BCUT2D eigenvalue weighted by Crippen LogP contribution is -2.30. The molecule has 1 N–H and O–H groups in total. The fraction of sp³-hybridized carbons (Fsp3) is 0.556. The summed E-state index contributed by atoms with van der Waals surface area (Å²) in [4.78, 5) is 0. The number of nitrogens with zero attached hydrogens (tertiary/aromatic N) is 3. The Morgan fingerprint density at radius 3 is 3.17 bits per heavy atom. The first-order valence-corrected chi connectivity index (χ1v) is 8.69. The molecule has 0 unspecified atom stereocenters. The number of nitrogens with one attached hydrogen (secondary N) is 1. The van der Waals surface area contributed by atoms with Crippen LogP contribution in [-0.2, 0) is 32.4 Å². The molecule has 0 bridgehead atoms. The van der Waals surface area contributed by atoms with Crippen molar-refractivity contribution in [3.63, 3.8) is 0 Å². The van der Waals surface area contributed by atoms with E-state index in [-0.39, 0.29) is 0 Å². The number of hydrogen-bond acceptors (Lipinski definition) is 4. The zero-order chi connectivity index (χ0) is 15.6. The number of rotatable bonds is 5. The van der Waals surface area contributed by atoms with Crippen molar-refractivity contribution in [1.29, 1.82) is 0 Å². The molecular weight excluding hydrogens is 288 g/mol. The van der Waals surface area contributed by atoms with Gasteiger partial charge in [0.25, 0.3) is 0 Å². The second-order valence-corrected chi connectivity index (χ2v) is 6.57. The van der Waals surface area contributed by atoms with Crippen molar-refractivity contribution < 1.29 is 4.74 Å². The van der Waals surface area contributed by atoms with Crippen LogP contribution in [0.2, 0.25) is 0 Å². The molecule has 0 amide bonds. The van der Waals surface area contributed by atoms with E-state index in [1.807, 2.05) is 0 Å². The molecule has 2 aromatic rings. The Kier molecular flexibility index (Phi) is 4.04. The van der Waals surface area contributed by atoms with Crippen LogP contribution in [0, 0.1) is 5.92 Å². The van der Waals surface area contributed by atoms with Gasteiger partial charge in [0.05, 0.1) is 6.61 Å². The highest BCUT2D eigenvalue weighted by atomic mass is 16.5. The van der Waals surface area contributed by atoms with Gasteiger partial charge >= 0.3 is 0 Å². The molecule has 0 radical (unpaired) electrons. The molecule has 4 rings (SSSR count). The number of aromatic nitrogens is 3. The molecule has 2 aliphatic heterocycles. The Hall–Kier alpha value is -1.88. The topological polar surface area (TPSA) is 52.0 Å². The third-order valence-corrected chi connectivity index (χ3v) is 4.95. The minimum absolute atomic E-state index is 0.668. The molecule has 5 heteroatoms. The molecule has 0 fully saturated rings. The summed E-state index contributed by atoms with van der Waals surface area (Å²) in [6.07, 6.45) is 4.26. The van der Waals surface area contributed by atoms with E-state index in [0.29, 0.717) is 5.92 Å². The molecule has 0 aliphatic carbocycles. The smallest absolute Gasteiger partial charge is 0.133 e. The summed E-state index contributed by atoms with van der Waals surface area (Å²) < 4.78 is 7.89. The maximum Gasteiger partial charge on any atom is 0.133 e. The number of aryl methyl sites for hydroxylation is 2. The molecule has 2 aliphatic rings. The van der Waals surface area contributed by atoms with Crippen LogP contribution in [0.4, 0.5) is 0 Å². The molecule has 0 saturated carbocycles. The standard InChI is InChI=1S/C18H24N4O/c1-2-17-20-21-18-6-4-14(12-22(17)18)11-19-10-13-3-5-16-15(9-13)7-8-23-16/h3,5,9,14,19H,2,4,6-8,10-12H2,1H3/t14-/m1/s1. The van der Waals surface area contributed by atoms with Gasteiger partial charge in [0.2, 0.25) is 0 Å². The first-order valence-electron chi connectivity index (χ1n) is 8.69. The maximum absolute atomic E-state index is 5.57. The molecule has 23 heavy (non-hydrogen) atoms. The molecule has 0 saturated heterocycles. The number of ether oxygens (including phenoxy) is 1. The predicted molar refractivity (Wildman–Crippen MR) is 88.6 cm³/mol. The zero-order valence-corrected chi connectivity index (χ0v) is 13.7. The monoisotopic (exact) mass is 312 g/mol. The largest absolute Gasteiger partial charge is 0.493 e. The molecular formula is C18H24N4O. The lowest BCUT2D eigenvalue weighted by atomic mass is 9.99. The van der Waals surface area contributed by atoms with Crippen molar-refractivity contribution in [2.75, 3.05) is 13.2 Å². The number of fused-ring (bicyclic) bond motifs is 2. The van der Waals surface area contributed by atoms with Crippen LogP contribution in [0.5, 0.6) is 5.75 Å². The molecule has 1 atom stereocenters. The average Bonchev–Trinajstić information content (AvgIpc) is 3.20. The zero-order valence-electron chi connectivity index (χ0n) is 13.7. The van der Waals surface area contributed by atoms with Crippen molar-refractivity contribution >= 4 is 0 Å². The summed E-state index contributed by atoms with van der Waals surface area (Å²) in [7, 11) is 0. The molecule has 5 nitrogen and oxygen atoms in total. The van der Waals surface area contributed by atoms with E-state index in [1.165, 1.54) is 17.5 Å². The van der Waals surface area contributed by atoms with Gasteiger partial charge in [-0.25, -0.2) is 0 Å². The Balaban J connectivity index is 1.32. The van der Waals surface area contributed by atoms with Crippen LogP contribution in [0.3, 0.4) is 0 Å². The average molecular weight is 312 g/mol. The maximum atomic E-state index is 5.57. The quantitative estimate of drug-likeness (QED) is 0.919. The lowest BCUT2D eigenvalue weighted by molar-refractivity contribution is 0.342. The van der Waals surface area contributed by atoms with E-state index in [2.05, 4.69) is 45.2 Å². The summed E-state index contributed by atoms with van der Waals surface area (Å²) in [6.45, 7) is 6.01. The highest BCUT2D eigenvalue weighted by Crippen LogP contribution is 2.26. The van der Waals surface area contributed by atoms with Gasteiger partial charge in [-0.1, -0.05) is 19.1 Å². The van der Waals surface area contributed by atoms with Crippen LogP contribution in [0.25, 0.3) is 0 Å². The summed E-state index contributed by atoms with van der Waals surface area (Å²) in [5.41, 5.74) is 2.70. The van der Waals surface area contributed by atoms with Crippen molar-refractivity contribution in [1.82, 2.24) is 20.1 Å². The number of hydrogen-bond donors (Lipinski definition) is 1. The van der Waals surface area contributed by atoms with Crippen molar-refractivity contribution in [3.8, 4) is 5.75 Å². The normalized spacial score (nSPS) is 19.3. The second kappa shape index (κ2) is 6.32. The highest BCUT2D eigenvalue weighted by Gasteiger charge is 2.22. The minimum atomic E-state index is 0.668. The molecule has 1 aromatic heterocycles. The van der Waals surface area contributed by atoms with E-state index >= 15 is 0 Å². The van der Waals surface area contributed by atoms with E-state index in [1.54, 1.807) is 0 Å². The Morgan fingerprint density at radius 2 is 2.26 bits per heavy atom. The predicted octanol–water partition coefficient (Wildman–Crippen LogP) is 2.13. The van der Waals surface area contributed by atoms with Gasteiger partial charge in [-0.3, -0.25) is 0 Å². The molecule has 3 heterocycles. The highest BCUT2D eigenvalue weighted by molar-refractivity contribution is 5.39.